The molecule has 0 saturated carbocycles. The van der Waals surface area contributed by atoms with E-state index in [1.165, 1.54) is 77.9 Å². The highest BCUT2D eigenvalue weighted by molar-refractivity contribution is 6.17. The minimum atomic E-state index is -0.782. The standard InChI is InChI=1S/C117H73N9/c1-9-35-75(36-10-1)109-118-110(76-37-11-2-12-38-76)120-112(119-109)126-103-60-34-28-53-87(103)89-66-67-99-107(108(89)126)90-55-27-32-58-98(90)115(99,79-41-15-4-16-42-79)84-64-61-74(62-65-84)78-63-68-104-93(69-78)95-71-92-86-52-26-31-57-97(86)117(82-47-21-7-22-48-82,83-49-23-8-24-50-83)101(92)73-106(95)125(104)114-122-111(77-39-13-3-14-40-77)121-113(123-114)124-102-59-33-29-54-88(102)94-70-91-85-51-25-30-56-96(85)116(100(91)72-105(94)124,80-43-17-5-18-44-80)81-45-19-6-20-46-81/h1-73H. The number of fused-ring (bicyclic) bond motifs is 19. The van der Waals surface area contributed by atoms with Gasteiger partial charge in [0.15, 0.2) is 17.5 Å². The first-order valence-corrected chi connectivity index (χ1v) is 43.1. The molecule has 126 heavy (non-hydrogen) atoms. The van der Waals surface area contributed by atoms with Crippen LogP contribution in [-0.2, 0) is 16.2 Å². The van der Waals surface area contributed by atoms with Gasteiger partial charge in [0.1, 0.15) is 0 Å². The van der Waals surface area contributed by atoms with Crippen LogP contribution in [0.25, 0.3) is 162 Å². The maximum Gasteiger partial charge on any atom is 0.240 e. The Bertz CT molecular complexity index is 8220. The van der Waals surface area contributed by atoms with Gasteiger partial charge in [0.25, 0.3) is 0 Å². The summed E-state index contributed by atoms with van der Waals surface area (Å²) in [6.45, 7) is 0. The van der Waals surface area contributed by atoms with Crippen molar-refractivity contribution in [1.82, 2.24) is 43.6 Å². The summed E-state index contributed by atoms with van der Waals surface area (Å²) in [5.74, 6) is 3.27. The van der Waals surface area contributed by atoms with Crippen molar-refractivity contribution in [2.45, 2.75) is 16.2 Å². The van der Waals surface area contributed by atoms with Gasteiger partial charge in [-0.25, -0.2) is 4.98 Å². The average molecular weight is 1600 g/mol. The van der Waals surface area contributed by atoms with E-state index in [0.717, 1.165) is 115 Å². The van der Waals surface area contributed by atoms with Crippen LogP contribution in [0.1, 0.15) is 66.8 Å². The number of rotatable bonds is 13. The molecule has 0 aliphatic heterocycles. The van der Waals surface area contributed by atoms with E-state index in [2.05, 4.69) is 420 Å². The van der Waals surface area contributed by atoms with E-state index in [1.807, 2.05) is 36.4 Å². The molecule has 0 bridgehead atoms. The second kappa shape index (κ2) is 27.7. The molecular formula is C117H73N9. The third kappa shape index (κ3) is 10.1. The summed E-state index contributed by atoms with van der Waals surface area (Å²) in [5, 5.41) is 6.55. The predicted molar refractivity (Wildman–Crippen MR) is 510 cm³/mol. The summed E-state index contributed by atoms with van der Waals surface area (Å²) in [6.07, 6.45) is 0. The molecule has 23 aromatic rings. The highest BCUT2D eigenvalue weighted by Gasteiger charge is 2.51. The van der Waals surface area contributed by atoms with Gasteiger partial charge in [0.2, 0.25) is 17.8 Å². The normalized spacial score (nSPS) is 14.3. The fraction of sp³-hybridized carbons (Fsp3) is 0.0256. The van der Waals surface area contributed by atoms with Gasteiger partial charge in [0, 0.05) is 54.6 Å². The fourth-order valence-electron chi connectivity index (χ4n) is 22.0. The van der Waals surface area contributed by atoms with Crippen LogP contribution in [0.15, 0.2) is 443 Å². The Labute approximate surface area is 726 Å². The summed E-state index contributed by atoms with van der Waals surface area (Å²) in [5.41, 5.74) is 29.9. The highest BCUT2D eigenvalue weighted by Crippen LogP contribution is 2.62. The van der Waals surface area contributed by atoms with Crippen LogP contribution in [0.4, 0.5) is 0 Å². The Morgan fingerprint density at radius 2 is 0.492 bits per heavy atom. The first-order chi connectivity index (χ1) is 62.5. The molecule has 3 aliphatic carbocycles. The Morgan fingerprint density at radius 1 is 0.167 bits per heavy atom. The molecule has 0 saturated heterocycles. The zero-order valence-corrected chi connectivity index (χ0v) is 68.2. The minimum Gasteiger partial charge on any atom is -0.278 e. The third-order valence-electron chi connectivity index (χ3n) is 27.2. The fourth-order valence-corrected chi connectivity index (χ4v) is 22.0. The van der Waals surface area contributed by atoms with Crippen molar-refractivity contribution in [3.63, 3.8) is 0 Å². The SMILES string of the molecule is c1ccc(-c2nc(-n3c4ccccc4c4cc5c(cc43)C(c3ccccc3)(c3ccccc3)c3ccccc3-5)nc(-n3c4ccc(-c5ccc(C6(c7ccccc7)c7ccccc7-c7c6ccc6c8ccccc8n(-c8nc(-c9ccccc9)nc(-c9ccccc9)n8)c76)cc5)cc4c4cc5c(cc43)C(c3ccccc3)(c3ccccc3)c3ccccc3-5)n2)cc1. The van der Waals surface area contributed by atoms with Crippen LogP contribution < -0.4 is 0 Å². The molecule has 586 valence electrons. The molecule has 0 radical (unpaired) electrons. The second-order valence-electron chi connectivity index (χ2n) is 33.4. The largest absolute Gasteiger partial charge is 0.278 e. The van der Waals surface area contributed by atoms with Crippen molar-refractivity contribution in [2.24, 2.45) is 0 Å². The molecule has 1 atom stereocenters. The zero-order chi connectivity index (χ0) is 82.8. The molecule has 0 fully saturated rings. The molecule has 0 spiro atoms. The van der Waals surface area contributed by atoms with Crippen LogP contribution in [0, 0.1) is 0 Å². The molecule has 9 nitrogen and oxygen atoms in total. The Kier molecular flexibility index (Phi) is 15.6. The van der Waals surface area contributed by atoms with Crippen LogP contribution in [-0.4, -0.2) is 43.6 Å². The van der Waals surface area contributed by atoms with Gasteiger partial charge in [-0.05, 0) is 154 Å². The van der Waals surface area contributed by atoms with Gasteiger partial charge in [0.05, 0.1) is 49.3 Å². The molecule has 9 heteroatoms. The quantitative estimate of drug-likeness (QED) is 0.114. The molecule has 0 amide bonds. The summed E-state index contributed by atoms with van der Waals surface area (Å²) in [6, 6.07) is 162. The third-order valence-corrected chi connectivity index (χ3v) is 27.2. The van der Waals surface area contributed by atoms with Gasteiger partial charge in [-0.1, -0.05) is 394 Å². The minimum absolute atomic E-state index is 0.488. The van der Waals surface area contributed by atoms with Crippen molar-refractivity contribution < 1.29 is 0 Å². The van der Waals surface area contributed by atoms with E-state index in [1.54, 1.807) is 0 Å². The van der Waals surface area contributed by atoms with E-state index in [9.17, 15) is 0 Å². The first-order valence-electron chi connectivity index (χ1n) is 43.1. The van der Waals surface area contributed by atoms with E-state index >= 15 is 0 Å². The average Bonchev–Trinajstić information content (AvgIpc) is 1.52. The lowest BCUT2D eigenvalue weighted by molar-refractivity contribution is 0.768. The first kappa shape index (κ1) is 71.1. The van der Waals surface area contributed by atoms with Gasteiger partial charge < -0.3 is 0 Å². The maximum absolute atomic E-state index is 5.98. The lowest BCUT2D eigenvalue weighted by Crippen LogP contribution is -2.28. The van der Waals surface area contributed by atoms with Crippen LogP contribution in [0.2, 0.25) is 0 Å². The van der Waals surface area contributed by atoms with Gasteiger partial charge in [-0.15, -0.1) is 0 Å². The van der Waals surface area contributed by atoms with Crippen molar-refractivity contribution in [3.8, 4) is 96.5 Å². The van der Waals surface area contributed by atoms with Crippen LogP contribution in [0.3, 0.4) is 0 Å². The van der Waals surface area contributed by atoms with E-state index in [-0.39, 0.29) is 0 Å². The van der Waals surface area contributed by atoms with Gasteiger partial charge >= 0.3 is 0 Å². The van der Waals surface area contributed by atoms with E-state index < -0.39 is 16.2 Å². The lowest BCUT2D eigenvalue weighted by atomic mass is 9.67. The lowest BCUT2D eigenvalue weighted by Gasteiger charge is -2.34. The monoisotopic (exact) mass is 1600 g/mol. The Morgan fingerprint density at radius 3 is 0.952 bits per heavy atom. The summed E-state index contributed by atoms with van der Waals surface area (Å²) in [4.78, 5) is 33.6. The molecular weight excluding hydrogens is 1530 g/mol. The molecule has 1 unspecified atom stereocenters. The molecule has 3 aliphatic rings. The summed E-state index contributed by atoms with van der Waals surface area (Å²) in [7, 11) is 0. The Balaban J connectivity index is 0.702. The molecule has 0 N–H and O–H groups in total. The van der Waals surface area contributed by atoms with Crippen molar-refractivity contribution in [3.05, 3.63) is 510 Å². The van der Waals surface area contributed by atoms with Crippen LogP contribution in [0.5, 0.6) is 0 Å². The van der Waals surface area contributed by atoms with Gasteiger partial charge in [-0.3, -0.25) is 13.7 Å². The topological polar surface area (TPSA) is 92.1 Å². The summed E-state index contributed by atoms with van der Waals surface area (Å²) < 4.78 is 6.93. The van der Waals surface area contributed by atoms with Crippen molar-refractivity contribution >= 4 is 65.4 Å². The van der Waals surface area contributed by atoms with Crippen molar-refractivity contribution in [1.29, 1.82) is 0 Å². The maximum atomic E-state index is 5.98. The summed E-state index contributed by atoms with van der Waals surface area (Å²) >= 11 is 0. The predicted octanol–water partition coefficient (Wildman–Crippen LogP) is 27.1. The van der Waals surface area contributed by atoms with Crippen molar-refractivity contribution in [2.75, 3.05) is 0 Å². The number of para-hydroxylation sites is 2. The zero-order valence-electron chi connectivity index (χ0n) is 68.2. The molecule has 5 aromatic heterocycles. The number of hydrogen-bond donors (Lipinski definition) is 0. The number of aromatic nitrogens is 9. The second-order valence-corrected chi connectivity index (χ2v) is 33.4. The van der Waals surface area contributed by atoms with Crippen LogP contribution >= 0.6 is 0 Å². The number of hydrogen-bond acceptors (Lipinski definition) is 6. The molecule has 5 heterocycles. The molecule has 18 aromatic carbocycles. The van der Waals surface area contributed by atoms with Gasteiger partial charge in [-0.2, -0.15) is 24.9 Å². The smallest absolute Gasteiger partial charge is 0.240 e. The molecule has 26 rings (SSSR count). The number of nitrogens with zero attached hydrogens (tertiary/aromatic N) is 9. The Hall–Kier alpha value is -16.6. The van der Waals surface area contributed by atoms with E-state index in [0.29, 0.717) is 35.3 Å². The highest BCUT2D eigenvalue weighted by atomic mass is 15.3. The number of benzene rings is 18. The van der Waals surface area contributed by atoms with E-state index in [4.69, 9.17) is 29.9 Å².